The Labute approximate surface area is 111 Å². The molecule has 2 aromatic rings. The molecule has 1 heterocycles. The van der Waals surface area contributed by atoms with Gasteiger partial charge in [-0.1, -0.05) is 38.2 Å². The van der Waals surface area contributed by atoms with E-state index in [1.54, 1.807) is 12.3 Å². The second-order valence-corrected chi connectivity index (χ2v) is 5.83. The van der Waals surface area contributed by atoms with Crippen LogP contribution in [0.5, 0.6) is 10.9 Å². The Kier molecular flexibility index (Phi) is 3.35. The lowest BCUT2D eigenvalue weighted by Gasteiger charge is -2.20. The molecule has 0 aliphatic heterocycles. The van der Waals surface area contributed by atoms with Gasteiger partial charge in [-0.25, -0.2) is 4.98 Å². The van der Waals surface area contributed by atoms with E-state index in [1.165, 1.54) is 11.3 Å². The van der Waals surface area contributed by atoms with Crippen molar-refractivity contribution in [2.45, 2.75) is 26.2 Å². The summed E-state index contributed by atoms with van der Waals surface area (Å²) in [7, 11) is 0. The number of nitrogens with zero attached hydrogens (tertiary/aromatic N) is 2. The SMILES string of the molecule is CC(C)(C)c1ccc(C#N)c(Oc2nccs2)c1. The van der Waals surface area contributed by atoms with Crippen LogP contribution in [0.1, 0.15) is 31.9 Å². The van der Waals surface area contributed by atoms with Crippen LogP contribution in [0.25, 0.3) is 0 Å². The Morgan fingerprint density at radius 1 is 1.33 bits per heavy atom. The quantitative estimate of drug-likeness (QED) is 0.814. The van der Waals surface area contributed by atoms with Gasteiger partial charge in [-0.2, -0.15) is 5.26 Å². The van der Waals surface area contributed by atoms with Gasteiger partial charge in [0.1, 0.15) is 11.8 Å². The van der Waals surface area contributed by atoms with Gasteiger partial charge in [0.25, 0.3) is 5.19 Å². The largest absolute Gasteiger partial charge is 0.429 e. The highest BCUT2D eigenvalue weighted by Gasteiger charge is 2.16. The smallest absolute Gasteiger partial charge is 0.278 e. The fraction of sp³-hybridized carbons (Fsp3) is 0.286. The average Bonchev–Trinajstić information content (AvgIpc) is 2.80. The number of benzene rings is 1. The van der Waals surface area contributed by atoms with E-state index >= 15 is 0 Å². The molecule has 0 atom stereocenters. The Bertz CT molecular complexity index is 577. The van der Waals surface area contributed by atoms with Crippen LogP contribution in [0.2, 0.25) is 0 Å². The molecule has 3 nitrogen and oxygen atoms in total. The maximum absolute atomic E-state index is 9.09. The summed E-state index contributed by atoms with van der Waals surface area (Å²) in [6, 6.07) is 7.82. The summed E-state index contributed by atoms with van der Waals surface area (Å²) in [5.74, 6) is 0.569. The van der Waals surface area contributed by atoms with Gasteiger partial charge < -0.3 is 4.74 Å². The molecule has 0 spiro atoms. The average molecular weight is 258 g/mol. The van der Waals surface area contributed by atoms with Crippen molar-refractivity contribution in [2.75, 3.05) is 0 Å². The zero-order valence-corrected chi connectivity index (χ0v) is 11.4. The van der Waals surface area contributed by atoms with Crippen molar-refractivity contribution in [1.82, 2.24) is 4.98 Å². The van der Waals surface area contributed by atoms with Crippen LogP contribution in [-0.4, -0.2) is 4.98 Å². The highest BCUT2D eigenvalue weighted by atomic mass is 32.1. The van der Waals surface area contributed by atoms with Crippen molar-refractivity contribution in [3.05, 3.63) is 40.9 Å². The molecule has 18 heavy (non-hydrogen) atoms. The van der Waals surface area contributed by atoms with E-state index in [-0.39, 0.29) is 5.41 Å². The van der Waals surface area contributed by atoms with Crippen LogP contribution in [0.15, 0.2) is 29.8 Å². The summed E-state index contributed by atoms with van der Waals surface area (Å²) in [5, 5.41) is 11.5. The van der Waals surface area contributed by atoms with Crippen molar-refractivity contribution < 1.29 is 4.74 Å². The van der Waals surface area contributed by atoms with Crippen LogP contribution in [0.3, 0.4) is 0 Å². The number of hydrogen-bond donors (Lipinski definition) is 0. The molecule has 0 aliphatic carbocycles. The number of rotatable bonds is 2. The lowest BCUT2D eigenvalue weighted by Crippen LogP contribution is -2.11. The lowest BCUT2D eigenvalue weighted by atomic mass is 9.86. The van der Waals surface area contributed by atoms with E-state index in [0.29, 0.717) is 16.5 Å². The number of nitriles is 1. The summed E-state index contributed by atoms with van der Waals surface area (Å²) >= 11 is 1.41. The Hall–Kier alpha value is -1.86. The lowest BCUT2D eigenvalue weighted by molar-refractivity contribution is 0.473. The molecule has 92 valence electrons. The second kappa shape index (κ2) is 4.79. The highest BCUT2D eigenvalue weighted by molar-refractivity contribution is 7.11. The zero-order valence-electron chi connectivity index (χ0n) is 10.6. The second-order valence-electron chi connectivity index (χ2n) is 4.97. The molecule has 0 aliphatic rings. The predicted molar refractivity (Wildman–Crippen MR) is 72.0 cm³/mol. The molecule has 0 fully saturated rings. The maximum Gasteiger partial charge on any atom is 0.278 e. The number of thiazole rings is 1. The third-order valence-corrected chi connectivity index (χ3v) is 3.22. The fourth-order valence-electron chi connectivity index (χ4n) is 1.52. The van der Waals surface area contributed by atoms with Gasteiger partial charge in [0.05, 0.1) is 5.56 Å². The van der Waals surface area contributed by atoms with Crippen molar-refractivity contribution in [3.8, 4) is 17.0 Å². The molecular weight excluding hydrogens is 244 g/mol. The molecule has 4 heteroatoms. The van der Waals surface area contributed by atoms with E-state index < -0.39 is 0 Å². The molecule has 0 unspecified atom stereocenters. The van der Waals surface area contributed by atoms with Crippen LogP contribution >= 0.6 is 11.3 Å². The Morgan fingerprint density at radius 2 is 2.11 bits per heavy atom. The van der Waals surface area contributed by atoms with Crippen LogP contribution in [0, 0.1) is 11.3 Å². The van der Waals surface area contributed by atoms with E-state index in [9.17, 15) is 0 Å². The minimum atomic E-state index is 0.0228. The number of ether oxygens (including phenoxy) is 1. The fourth-order valence-corrected chi connectivity index (χ4v) is 2.02. The van der Waals surface area contributed by atoms with Gasteiger partial charge >= 0.3 is 0 Å². The molecule has 0 amide bonds. The van der Waals surface area contributed by atoms with Gasteiger partial charge in [-0.05, 0) is 23.1 Å². The van der Waals surface area contributed by atoms with E-state index in [4.69, 9.17) is 10.00 Å². The Morgan fingerprint density at radius 3 is 2.67 bits per heavy atom. The topological polar surface area (TPSA) is 45.9 Å². The Balaban J connectivity index is 2.41. The molecule has 2 rings (SSSR count). The third kappa shape index (κ3) is 2.69. The first kappa shape index (κ1) is 12.6. The van der Waals surface area contributed by atoms with Gasteiger partial charge in [0.2, 0.25) is 0 Å². The highest BCUT2D eigenvalue weighted by Crippen LogP contribution is 2.31. The minimum Gasteiger partial charge on any atom is -0.429 e. The van der Waals surface area contributed by atoms with Crippen molar-refractivity contribution in [1.29, 1.82) is 5.26 Å². The predicted octanol–water partition coefficient (Wildman–Crippen LogP) is 4.10. The first-order chi connectivity index (χ1) is 8.50. The standard InChI is InChI=1S/C14H14N2OS/c1-14(2,3)11-5-4-10(9-15)12(8-11)17-13-16-6-7-18-13/h4-8H,1-3H3. The first-order valence-corrected chi connectivity index (χ1v) is 6.50. The molecule has 0 bridgehead atoms. The zero-order chi connectivity index (χ0) is 13.2. The van der Waals surface area contributed by atoms with Crippen molar-refractivity contribution in [2.24, 2.45) is 0 Å². The molecular formula is C14H14N2OS. The van der Waals surface area contributed by atoms with Crippen LogP contribution in [0.4, 0.5) is 0 Å². The maximum atomic E-state index is 9.09. The van der Waals surface area contributed by atoms with Gasteiger partial charge in [-0.3, -0.25) is 0 Å². The van der Waals surface area contributed by atoms with Crippen LogP contribution < -0.4 is 4.74 Å². The van der Waals surface area contributed by atoms with Gasteiger partial charge in [0.15, 0.2) is 0 Å². The van der Waals surface area contributed by atoms with E-state index in [2.05, 4.69) is 31.8 Å². The van der Waals surface area contributed by atoms with Gasteiger partial charge in [0, 0.05) is 11.6 Å². The summed E-state index contributed by atoms with van der Waals surface area (Å²) in [5.41, 5.74) is 1.68. The normalized spacial score (nSPS) is 11.0. The minimum absolute atomic E-state index is 0.0228. The molecule has 1 aromatic heterocycles. The molecule has 0 N–H and O–H groups in total. The summed E-state index contributed by atoms with van der Waals surface area (Å²) < 4.78 is 5.66. The van der Waals surface area contributed by atoms with Crippen molar-refractivity contribution in [3.63, 3.8) is 0 Å². The summed E-state index contributed by atoms with van der Waals surface area (Å²) in [4.78, 5) is 4.07. The molecule has 0 radical (unpaired) electrons. The number of hydrogen-bond acceptors (Lipinski definition) is 4. The molecule has 0 saturated heterocycles. The molecule has 1 aromatic carbocycles. The molecule has 0 saturated carbocycles. The monoisotopic (exact) mass is 258 g/mol. The first-order valence-electron chi connectivity index (χ1n) is 5.62. The summed E-state index contributed by atoms with van der Waals surface area (Å²) in [6.45, 7) is 6.38. The van der Waals surface area contributed by atoms with Crippen molar-refractivity contribution >= 4 is 11.3 Å². The number of aromatic nitrogens is 1. The van der Waals surface area contributed by atoms with E-state index in [0.717, 1.165) is 5.56 Å². The third-order valence-electron chi connectivity index (χ3n) is 2.58. The van der Waals surface area contributed by atoms with Crippen LogP contribution in [-0.2, 0) is 5.41 Å². The summed E-state index contributed by atoms with van der Waals surface area (Å²) in [6.07, 6.45) is 1.68. The van der Waals surface area contributed by atoms with E-state index in [1.807, 2.05) is 17.5 Å². The van der Waals surface area contributed by atoms with Gasteiger partial charge in [-0.15, -0.1) is 0 Å².